The molecule has 1 aromatic rings. The highest BCUT2D eigenvalue weighted by atomic mass is 16.4. The summed E-state index contributed by atoms with van der Waals surface area (Å²) in [5.41, 5.74) is 0.00688. The zero-order chi connectivity index (χ0) is 18.1. The number of hydrogen-bond donors (Lipinski definition) is 2. The van der Waals surface area contributed by atoms with Gasteiger partial charge in [0.2, 0.25) is 0 Å². The largest absolute Gasteiger partial charge is 0.481 e. The number of nitrogens with one attached hydrogen (secondary N) is 1. The van der Waals surface area contributed by atoms with E-state index in [1.807, 2.05) is 27.7 Å². The van der Waals surface area contributed by atoms with Crippen molar-refractivity contribution in [2.75, 3.05) is 13.1 Å². The molecule has 132 valence electrons. The van der Waals surface area contributed by atoms with Crippen LogP contribution in [0.4, 0.5) is 0 Å². The number of likely N-dealkylation sites (tertiary alicyclic amines) is 1. The molecule has 1 unspecified atom stereocenters. The Labute approximate surface area is 141 Å². The summed E-state index contributed by atoms with van der Waals surface area (Å²) in [6.45, 7) is 7.98. The Hall–Kier alpha value is -2.18. The Bertz CT molecular complexity index is 710. The molecule has 1 saturated heterocycles. The van der Waals surface area contributed by atoms with Crippen molar-refractivity contribution in [2.24, 2.45) is 11.3 Å². The number of aryl methyl sites for hydroxylation is 1. The lowest BCUT2D eigenvalue weighted by Crippen LogP contribution is -2.42. The fraction of sp³-hybridized carbons (Fsp3) is 0.647. The van der Waals surface area contributed by atoms with Gasteiger partial charge < -0.3 is 10.0 Å². The van der Waals surface area contributed by atoms with Crippen molar-refractivity contribution < 1.29 is 14.7 Å². The van der Waals surface area contributed by atoms with E-state index in [-0.39, 0.29) is 18.0 Å². The fourth-order valence-corrected chi connectivity index (χ4v) is 3.48. The standard InChI is InChI=1S/C17H25N3O4/c1-5-11-12(6-2)18-19-14(21)13(11)15(22)20-8-7-17(9-20,10(3)4)16(23)24/h10H,5-9H2,1-4H3,(H,19,21)(H,23,24). The van der Waals surface area contributed by atoms with E-state index >= 15 is 0 Å². The zero-order valence-electron chi connectivity index (χ0n) is 14.7. The van der Waals surface area contributed by atoms with Crippen LogP contribution in [0.25, 0.3) is 0 Å². The Balaban J connectivity index is 2.41. The number of aliphatic carboxylic acids is 1. The molecule has 1 atom stereocenters. The van der Waals surface area contributed by atoms with Gasteiger partial charge >= 0.3 is 5.97 Å². The monoisotopic (exact) mass is 335 g/mol. The summed E-state index contributed by atoms with van der Waals surface area (Å²) in [7, 11) is 0. The second-order valence-electron chi connectivity index (χ2n) is 6.65. The molecule has 1 amide bonds. The van der Waals surface area contributed by atoms with Gasteiger partial charge in [-0.25, -0.2) is 5.10 Å². The smallest absolute Gasteiger partial charge is 0.311 e. The number of aromatic amines is 1. The predicted octanol–water partition coefficient (Wildman–Crippen LogP) is 1.47. The molecule has 0 bridgehead atoms. The van der Waals surface area contributed by atoms with Gasteiger partial charge in [-0.3, -0.25) is 14.4 Å². The lowest BCUT2D eigenvalue weighted by Gasteiger charge is -2.28. The number of hydrogen-bond acceptors (Lipinski definition) is 4. The molecule has 24 heavy (non-hydrogen) atoms. The van der Waals surface area contributed by atoms with Crippen LogP contribution in [0.3, 0.4) is 0 Å². The van der Waals surface area contributed by atoms with Gasteiger partial charge in [0.25, 0.3) is 11.5 Å². The quantitative estimate of drug-likeness (QED) is 0.848. The van der Waals surface area contributed by atoms with Crippen LogP contribution >= 0.6 is 0 Å². The van der Waals surface area contributed by atoms with E-state index < -0.39 is 22.9 Å². The van der Waals surface area contributed by atoms with E-state index in [0.29, 0.717) is 37.1 Å². The van der Waals surface area contributed by atoms with Gasteiger partial charge in [-0.1, -0.05) is 27.7 Å². The molecule has 0 radical (unpaired) electrons. The SMILES string of the molecule is CCc1n[nH]c(=O)c(C(=O)N2CCC(C(=O)O)(C(C)C)C2)c1CC. The van der Waals surface area contributed by atoms with Crippen LogP contribution in [0, 0.1) is 11.3 Å². The number of H-pyrrole nitrogens is 1. The number of rotatable bonds is 5. The van der Waals surface area contributed by atoms with Gasteiger partial charge in [0, 0.05) is 13.1 Å². The molecule has 7 heteroatoms. The molecule has 0 spiro atoms. The first-order valence-electron chi connectivity index (χ1n) is 8.41. The first-order chi connectivity index (χ1) is 11.3. The third kappa shape index (κ3) is 2.83. The van der Waals surface area contributed by atoms with Crippen molar-refractivity contribution in [2.45, 2.75) is 47.0 Å². The summed E-state index contributed by atoms with van der Waals surface area (Å²) in [6.07, 6.45) is 1.55. The molecule has 1 aliphatic heterocycles. The van der Waals surface area contributed by atoms with Crippen LogP contribution in [0.5, 0.6) is 0 Å². The van der Waals surface area contributed by atoms with Crippen molar-refractivity contribution in [3.8, 4) is 0 Å². The maximum Gasteiger partial charge on any atom is 0.311 e. The normalized spacial score (nSPS) is 20.6. The van der Waals surface area contributed by atoms with Gasteiger partial charge in [-0.15, -0.1) is 0 Å². The molecule has 0 saturated carbocycles. The summed E-state index contributed by atoms with van der Waals surface area (Å²) >= 11 is 0. The Kier molecular flexibility index (Phi) is 5.11. The van der Waals surface area contributed by atoms with Crippen molar-refractivity contribution in [3.63, 3.8) is 0 Å². The van der Waals surface area contributed by atoms with Crippen molar-refractivity contribution >= 4 is 11.9 Å². The van der Waals surface area contributed by atoms with Gasteiger partial charge in [0.15, 0.2) is 0 Å². The summed E-state index contributed by atoms with van der Waals surface area (Å²) in [5, 5.41) is 16.0. The molecular formula is C17H25N3O4. The average molecular weight is 335 g/mol. The number of carboxylic acid groups (broad SMARTS) is 1. The second-order valence-corrected chi connectivity index (χ2v) is 6.65. The van der Waals surface area contributed by atoms with Crippen LogP contribution in [-0.4, -0.2) is 45.2 Å². The Morgan fingerprint density at radius 1 is 1.33 bits per heavy atom. The molecule has 2 N–H and O–H groups in total. The minimum atomic E-state index is -0.949. The first kappa shape index (κ1) is 18.2. The van der Waals surface area contributed by atoms with Crippen LogP contribution in [-0.2, 0) is 17.6 Å². The number of amides is 1. The van der Waals surface area contributed by atoms with Crippen LogP contribution in [0.2, 0.25) is 0 Å². The van der Waals surface area contributed by atoms with Crippen LogP contribution in [0.1, 0.15) is 55.7 Å². The van der Waals surface area contributed by atoms with E-state index in [1.54, 1.807) is 0 Å². The van der Waals surface area contributed by atoms with Crippen molar-refractivity contribution in [1.29, 1.82) is 0 Å². The molecule has 1 aromatic heterocycles. The van der Waals surface area contributed by atoms with Gasteiger partial charge in [-0.05, 0) is 30.7 Å². The fourth-order valence-electron chi connectivity index (χ4n) is 3.48. The van der Waals surface area contributed by atoms with Crippen LogP contribution < -0.4 is 5.56 Å². The van der Waals surface area contributed by atoms with E-state index in [9.17, 15) is 19.5 Å². The molecule has 7 nitrogen and oxygen atoms in total. The van der Waals surface area contributed by atoms with Gasteiger partial charge in [0.05, 0.1) is 11.1 Å². The third-order valence-electron chi connectivity index (χ3n) is 5.19. The molecule has 1 aliphatic rings. The van der Waals surface area contributed by atoms with Crippen molar-refractivity contribution in [3.05, 3.63) is 27.2 Å². The minimum Gasteiger partial charge on any atom is -0.481 e. The number of carbonyl (C=O) groups excluding carboxylic acids is 1. The van der Waals surface area contributed by atoms with Gasteiger partial charge in [-0.2, -0.15) is 5.10 Å². The lowest BCUT2D eigenvalue weighted by atomic mass is 9.76. The number of nitrogens with zero attached hydrogens (tertiary/aromatic N) is 2. The molecular weight excluding hydrogens is 310 g/mol. The summed E-state index contributed by atoms with van der Waals surface area (Å²) in [4.78, 5) is 38.4. The topological polar surface area (TPSA) is 103 Å². The van der Waals surface area contributed by atoms with Crippen molar-refractivity contribution in [1.82, 2.24) is 15.1 Å². The van der Waals surface area contributed by atoms with E-state index in [0.717, 1.165) is 0 Å². The highest BCUT2D eigenvalue weighted by molar-refractivity contribution is 5.96. The molecule has 0 aromatic carbocycles. The molecule has 2 rings (SSSR count). The Morgan fingerprint density at radius 3 is 2.46 bits per heavy atom. The maximum absolute atomic E-state index is 12.9. The average Bonchev–Trinajstić information content (AvgIpc) is 3.00. The lowest BCUT2D eigenvalue weighted by molar-refractivity contribution is -0.150. The summed E-state index contributed by atoms with van der Waals surface area (Å²) in [6, 6.07) is 0. The van der Waals surface area contributed by atoms with E-state index in [4.69, 9.17) is 0 Å². The number of carboxylic acids is 1. The van der Waals surface area contributed by atoms with E-state index in [1.165, 1.54) is 4.90 Å². The Morgan fingerprint density at radius 2 is 2.00 bits per heavy atom. The molecule has 1 fully saturated rings. The minimum absolute atomic E-state index is 0.0969. The third-order valence-corrected chi connectivity index (χ3v) is 5.19. The first-order valence-corrected chi connectivity index (χ1v) is 8.41. The predicted molar refractivity (Wildman–Crippen MR) is 89.0 cm³/mol. The summed E-state index contributed by atoms with van der Waals surface area (Å²) < 4.78 is 0. The van der Waals surface area contributed by atoms with Crippen LogP contribution in [0.15, 0.2) is 4.79 Å². The second kappa shape index (κ2) is 6.75. The maximum atomic E-state index is 12.9. The highest BCUT2D eigenvalue weighted by Gasteiger charge is 2.49. The summed E-state index contributed by atoms with van der Waals surface area (Å²) in [5.74, 6) is -1.38. The van der Waals surface area contributed by atoms with Gasteiger partial charge in [0.1, 0.15) is 5.56 Å². The zero-order valence-corrected chi connectivity index (χ0v) is 14.7. The molecule has 2 heterocycles. The number of aromatic nitrogens is 2. The molecule has 0 aliphatic carbocycles. The number of carbonyl (C=O) groups is 2. The highest BCUT2D eigenvalue weighted by Crippen LogP contribution is 2.38. The van der Waals surface area contributed by atoms with E-state index in [2.05, 4.69) is 10.2 Å².